The van der Waals surface area contributed by atoms with Gasteiger partial charge in [0.2, 0.25) is 0 Å². The minimum Gasteiger partial charge on any atom is -0.744 e. The molecule has 10 nitrogen and oxygen atoms in total. The summed E-state index contributed by atoms with van der Waals surface area (Å²) >= 11 is 0. The van der Waals surface area contributed by atoms with E-state index >= 15 is 0 Å². The zero-order chi connectivity index (χ0) is 18.1. The molecule has 0 spiro atoms. The normalized spacial score (nSPS) is 10.8. The van der Waals surface area contributed by atoms with Crippen LogP contribution in [0.4, 0.5) is 0 Å². The zero-order valence-corrected chi connectivity index (χ0v) is 14.1. The first-order valence-corrected chi connectivity index (χ1v) is 8.64. The molecule has 0 radical (unpaired) electrons. The molecule has 0 aliphatic rings. The average molecular weight is 360 g/mol. The number of hydrogen-bond acceptors (Lipinski definition) is 8. The Balaban J connectivity index is 0. The molecule has 0 heterocycles. The van der Waals surface area contributed by atoms with Crippen molar-refractivity contribution in [2.24, 2.45) is 0 Å². The van der Waals surface area contributed by atoms with E-state index in [2.05, 4.69) is 0 Å². The van der Waals surface area contributed by atoms with Gasteiger partial charge in [-0.3, -0.25) is 0 Å². The zero-order valence-electron chi connectivity index (χ0n) is 12.5. The Morgan fingerprint density at radius 3 is 1.09 bits per heavy atom. The van der Waals surface area contributed by atoms with Gasteiger partial charge in [0, 0.05) is 12.1 Å². The van der Waals surface area contributed by atoms with Crippen LogP contribution in [0.3, 0.4) is 0 Å². The number of phenolic OH excluding ortho intramolecular Hbond substituents is 2. The fraction of sp³-hybridized carbons (Fsp3) is 0.400. The molecule has 130 valence electrons. The van der Waals surface area contributed by atoms with Crippen LogP contribution in [0.25, 0.3) is 0 Å². The number of phenols is 2. The van der Waals surface area contributed by atoms with Gasteiger partial charge in [-0.25, -0.2) is 16.8 Å². The summed E-state index contributed by atoms with van der Waals surface area (Å²) in [6.07, 6.45) is 0. The van der Waals surface area contributed by atoms with E-state index in [0.29, 0.717) is 0 Å². The summed E-state index contributed by atoms with van der Waals surface area (Å²) in [7, 11) is -2.15. The van der Waals surface area contributed by atoms with Crippen LogP contribution in [0.5, 0.6) is 11.5 Å². The molecule has 1 rings (SSSR count). The van der Waals surface area contributed by atoms with E-state index in [1.54, 1.807) is 0 Å². The Bertz CT molecular complexity index is 611. The molecule has 0 amide bonds. The van der Waals surface area contributed by atoms with Gasteiger partial charge in [0.15, 0.2) is 0 Å². The molecule has 0 saturated heterocycles. The molecule has 0 bridgehead atoms. The van der Waals surface area contributed by atoms with Gasteiger partial charge in [0.05, 0.1) is 38.0 Å². The monoisotopic (exact) mass is 360 g/mol. The smallest absolute Gasteiger partial charge is 0.134 e. The second kappa shape index (κ2) is 9.55. The molecule has 0 saturated carbocycles. The van der Waals surface area contributed by atoms with Gasteiger partial charge in [-0.1, -0.05) is 0 Å². The fourth-order valence-electron chi connectivity index (χ4n) is 0.939. The van der Waals surface area contributed by atoms with E-state index in [-0.39, 0.29) is 12.1 Å². The van der Waals surface area contributed by atoms with E-state index in [0.717, 1.165) is 0 Å². The molecule has 0 unspecified atom stereocenters. The maximum Gasteiger partial charge on any atom is 0.134 e. The number of nitrogens with two attached hydrogens (primary N) is 2. The Labute approximate surface area is 129 Å². The lowest BCUT2D eigenvalue weighted by atomic mass is 10.3. The van der Waals surface area contributed by atoms with Crippen LogP contribution in [0.2, 0.25) is 0 Å². The molecule has 0 atom stereocenters. The lowest BCUT2D eigenvalue weighted by Gasteiger charge is -2.14. The van der Waals surface area contributed by atoms with Crippen molar-refractivity contribution in [3.8, 4) is 11.5 Å². The molecule has 12 heteroatoms. The van der Waals surface area contributed by atoms with Crippen molar-refractivity contribution in [3.63, 3.8) is 0 Å². The van der Waals surface area contributed by atoms with Gasteiger partial charge in [-0.15, -0.1) is 0 Å². The minimum absolute atomic E-state index is 0.197. The van der Waals surface area contributed by atoms with E-state index in [9.17, 15) is 25.9 Å². The quantitative estimate of drug-likeness (QED) is 0.309. The molecular formula is C10H20N2O8S2. The fourth-order valence-corrected chi connectivity index (χ4v) is 2.08. The summed E-state index contributed by atoms with van der Waals surface area (Å²) in [4.78, 5) is -2.42. The Hall–Kier alpha value is -1.44. The summed E-state index contributed by atoms with van der Waals surface area (Å²) in [6, 6.07) is 0.394. The van der Waals surface area contributed by atoms with E-state index < -0.39 is 41.5 Å². The third-order valence-corrected chi connectivity index (χ3v) is 3.31. The van der Waals surface area contributed by atoms with Gasteiger partial charge >= 0.3 is 0 Å². The van der Waals surface area contributed by atoms with Crippen LogP contribution in [0.15, 0.2) is 21.9 Å². The molecule has 0 aliphatic heterocycles. The molecule has 0 fully saturated rings. The van der Waals surface area contributed by atoms with Crippen LogP contribution in [-0.4, -0.2) is 64.3 Å². The van der Waals surface area contributed by atoms with E-state index in [4.69, 9.17) is 10.2 Å². The van der Waals surface area contributed by atoms with Gasteiger partial charge in [0.25, 0.3) is 0 Å². The standard InChI is InChI=1S/C6H6O8S2.2C2H7N/c7-3-1-5(15(9,10)11)4(8)2-6(3)16(12,13)14;2*1-3-2/h1-2,7-8H,(H,9,10,11)(H,12,13,14);2*3H,1-2H3. The van der Waals surface area contributed by atoms with Crippen LogP contribution in [-0.2, 0) is 20.2 Å². The van der Waals surface area contributed by atoms with Crippen LogP contribution in [0, 0.1) is 0 Å². The summed E-state index contributed by atoms with van der Waals surface area (Å²) in [5, 5.41) is 22.0. The summed E-state index contributed by atoms with van der Waals surface area (Å²) in [5.74, 6) is -2.44. The second-order valence-corrected chi connectivity index (χ2v) is 6.55. The number of hydrogen-bond donors (Lipinski definition) is 4. The van der Waals surface area contributed by atoms with Crippen molar-refractivity contribution in [1.82, 2.24) is 0 Å². The summed E-state index contributed by atoms with van der Waals surface area (Å²) < 4.78 is 63.1. The molecule has 1 aromatic rings. The number of benzene rings is 1. The van der Waals surface area contributed by atoms with Crippen LogP contribution in [0.1, 0.15) is 0 Å². The molecule has 0 aliphatic carbocycles. The van der Waals surface area contributed by atoms with Gasteiger partial charge in [-0.05, 0) is 0 Å². The number of aromatic hydroxyl groups is 2. The van der Waals surface area contributed by atoms with Gasteiger partial charge in [0.1, 0.15) is 31.7 Å². The molecule has 22 heavy (non-hydrogen) atoms. The van der Waals surface area contributed by atoms with Crippen LogP contribution < -0.4 is 10.6 Å². The second-order valence-electron chi connectivity index (χ2n) is 3.85. The lowest BCUT2D eigenvalue weighted by molar-refractivity contribution is -0.597. The Morgan fingerprint density at radius 2 is 0.955 bits per heavy atom. The molecule has 0 aromatic heterocycles. The van der Waals surface area contributed by atoms with Crippen molar-refractivity contribution in [2.45, 2.75) is 9.79 Å². The average Bonchev–Trinajstić information content (AvgIpc) is 2.31. The Kier molecular flexibility index (Phi) is 9.91. The number of quaternary nitrogens is 2. The summed E-state index contributed by atoms with van der Waals surface area (Å²) in [6.45, 7) is 0. The van der Waals surface area contributed by atoms with Crippen molar-refractivity contribution in [2.75, 3.05) is 28.2 Å². The van der Waals surface area contributed by atoms with Gasteiger partial charge < -0.3 is 30.0 Å². The molecule has 1 aromatic carbocycles. The summed E-state index contributed by atoms with van der Waals surface area (Å²) in [5.41, 5.74) is 0. The third-order valence-electron chi connectivity index (χ3n) is 1.58. The lowest BCUT2D eigenvalue weighted by Crippen LogP contribution is -2.74. The van der Waals surface area contributed by atoms with Crippen molar-refractivity contribution >= 4 is 20.2 Å². The van der Waals surface area contributed by atoms with E-state index in [1.165, 1.54) is 0 Å². The van der Waals surface area contributed by atoms with E-state index in [1.807, 2.05) is 38.8 Å². The topological polar surface area (TPSA) is 188 Å². The largest absolute Gasteiger partial charge is 0.744 e. The highest BCUT2D eigenvalue weighted by Crippen LogP contribution is 2.32. The predicted octanol–water partition coefficient (Wildman–Crippen LogP) is -3.48. The maximum atomic E-state index is 10.5. The SMILES string of the molecule is C[NH2+]C.C[NH2+]C.O=S(=O)([O-])c1cc(O)c(S(=O)(=O)[O-])cc1O. The highest BCUT2D eigenvalue weighted by molar-refractivity contribution is 7.86. The van der Waals surface area contributed by atoms with Gasteiger partial charge in [-0.2, -0.15) is 0 Å². The van der Waals surface area contributed by atoms with Crippen molar-refractivity contribution in [3.05, 3.63) is 12.1 Å². The molecule has 6 N–H and O–H groups in total. The van der Waals surface area contributed by atoms with Crippen molar-refractivity contribution in [1.29, 1.82) is 0 Å². The minimum atomic E-state index is -5.08. The predicted molar refractivity (Wildman–Crippen MR) is 73.2 cm³/mol. The molecular weight excluding hydrogens is 340 g/mol. The Morgan fingerprint density at radius 1 is 0.773 bits per heavy atom. The first-order valence-electron chi connectivity index (χ1n) is 5.82. The maximum absolute atomic E-state index is 10.5. The first-order chi connectivity index (χ1) is 9.86. The van der Waals surface area contributed by atoms with Crippen LogP contribution >= 0.6 is 0 Å². The van der Waals surface area contributed by atoms with Crippen molar-refractivity contribution < 1.29 is 46.8 Å². The highest BCUT2D eigenvalue weighted by Gasteiger charge is 2.16. The highest BCUT2D eigenvalue weighted by atomic mass is 32.2. The number of rotatable bonds is 2. The third kappa shape index (κ3) is 8.11. The first kappa shape index (κ1) is 22.8.